The van der Waals surface area contributed by atoms with Crippen molar-refractivity contribution in [3.8, 4) is 5.75 Å². The highest BCUT2D eigenvalue weighted by Gasteiger charge is 2.38. The number of carboxylic acids is 1. The Hall–Kier alpha value is -2.08. The lowest BCUT2D eigenvalue weighted by molar-refractivity contribution is -0.152. The van der Waals surface area contributed by atoms with Gasteiger partial charge in [0.2, 0.25) is 5.91 Å². The fourth-order valence-electron chi connectivity index (χ4n) is 3.21. The van der Waals surface area contributed by atoms with Crippen LogP contribution in [0.3, 0.4) is 0 Å². The van der Waals surface area contributed by atoms with Gasteiger partial charge in [-0.05, 0) is 32.8 Å². The van der Waals surface area contributed by atoms with E-state index in [1.54, 1.807) is 0 Å². The van der Waals surface area contributed by atoms with Crippen LogP contribution in [0.25, 0.3) is 0 Å². The molecule has 0 saturated carbocycles. The molecule has 2 aliphatic heterocycles. The molecule has 0 radical (unpaired) electrons. The first-order valence-electron chi connectivity index (χ1n) is 7.82. The van der Waals surface area contributed by atoms with E-state index in [9.17, 15) is 9.59 Å². The van der Waals surface area contributed by atoms with Gasteiger partial charge in [-0.25, -0.2) is 4.79 Å². The fraction of sp³-hybridized carbons (Fsp3) is 0.529. The van der Waals surface area contributed by atoms with E-state index < -0.39 is 18.2 Å². The molecule has 0 spiro atoms. The first kappa shape index (κ1) is 15.8. The van der Waals surface area contributed by atoms with Crippen LogP contribution in [0.15, 0.2) is 24.3 Å². The molecule has 3 rings (SSSR count). The summed E-state index contributed by atoms with van der Waals surface area (Å²) >= 11 is 0. The predicted octanol–water partition coefficient (Wildman–Crippen LogP) is 2.04. The van der Waals surface area contributed by atoms with Gasteiger partial charge < -0.3 is 19.9 Å². The van der Waals surface area contributed by atoms with Gasteiger partial charge in [-0.1, -0.05) is 18.2 Å². The summed E-state index contributed by atoms with van der Waals surface area (Å²) in [6, 6.07) is 7.46. The molecule has 2 aliphatic rings. The van der Waals surface area contributed by atoms with Crippen molar-refractivity contribution in [1.29, 1.82) is 0 Å². The maximum atomic E-state index is 12.4. The molecule has 0 bridgehead atoms. The lowest BCUT2D eigenvalue weighted by Crippen LogP contribution is -2.44. The Morgan fingerprint density at radius 1 is 1.22 bits per heavy atom. The van der Waals surface area contributed by atoms with Gasteiger partial charge >= 0.3 is 5.97 Å². The summed E-state index contributed by atoms with van der Waals surface area (Å²) in [5.41, 5.74) is 0.555. The van der Waals surface area contributed by atoms with Crippen molar-refractivity contribution >= 4 is 11.9 Å². The summed E-state index contributed by atoms with van der Waals surface area (Å²) in [6.45, 7) is 3.96. The highest BCUT2D eigenvalue weighted by Crippen LogP contribution is 2.39. The van der Waals surface area contributed by atoms with Gasteiger partial charge in [0.05, 0.1) is 6.04 Å². The minimum atomic E-state index is -1.02. The Morgan fingerprint density at radius 2 is 1.91 bits per heavy atom. The van der Waals surface area contributed by atoms with Crippen molar-refractivity contribution in [2.45, 2.75) is 57.0 Å². The van der Waals surface area contributed by atoms with E-state index in [0.29, 0.717) is 19.3 Å². The monoisotopic (exact) mass is 319 g/mol. The second-order valence-corrected chi connectivity index (χ2v) is 6.69. The van der Waals surface area contributed by atoms with Crippen LogP contribution in [0.4, 0.5) is 0 Å². The van der Waals surface area contributed by atoms with Crippen molar-refractivity contribution < 1.29 is 24.2 Å². The van der Waals surface area contributed by atoms with Gasteiger partial charge in [-0.2, -0.15) is 0 Å². The third kappa shape index (κ3) is 3.32. The molecule has 3 atom stereocenters. The second kappa shape index (κ2) is 5.85. The summed E-state index contributed by atoms with van der Waals surface area (Å²) < 4.78 is 11.3. The van der Waals surface area contributed by atoms with E-state index in [4.69, 9.17) is 14.6 Å². The zero-order valence-corrected chi connectivity index (χ0v) is 13.2. The van der Waals surface area contributed by atoms with Crippen LogP contribution < -0.4 is 10.1 Å². The quantitative estimate of drug-likeness (QED) is 0.890. The molecule has 1 aromatic carbocycles. The van der Waals surface area contributed by atoms with Gasteiger partial charge in [0.25, 0.3) is 0 Å². The molecule has 23 heavy (non-hydrogen) atoms. The van der Waals surface area contributed by atoms with E-state index in [0.717, 1.165) is 11.3 Å². The molecule has 1 saturated heterocycles. The number of para-hydroxylation sites is 1. The zero-order chi connectivity index (χ0) is 16.6. The maximum Gasteiger partial charge on any atom is 0.332 e. The summed E-state index contributed by atoms with van der Waals surface area (Å²) in [5.74, 6) is -0.506. The Balaban J connectivity index is 1.72. The number of nitrogens with one attached hydrogen (secondary N) is 1. The standard InChI is InChI=1S/C17H21NO5/c1-17(2)9-11(10-5-3-4-6-12(10)23-17)18-15(19)13-7-8-14(22-13)16(20)21/h3-6,11,13-14H,7-9H2,1-2H3,(H,18,19)(H,20,21)/t11?,13-,14+/m0/s1. The Morgan fingerprint density at radius 3 is 2.61 bits per heavy atom. The number of rotatable bonds is 3. The number of benzene rings is 1. The second-order valence-electron chi connectivity index (χ2n) is 6.69. The van der Waals surface area contributed by atoms with Crippen molar-refractivity contribution in [3.05, 3.63) is 29.8 Å². The number of carboxylic acid groups (broad SMARTS) is 1. The molecule has 1 fully saturated rings. The number of carbonyl (C=O) groups is 2. The van der Waals surface area contributed by atoms with Crippen LogP contribution in [-0.2, 0) is 14.3 Å². The minimum absolute atomic E-state index is 0.171. The summed E-state index contributed by atoms with van der Waals surface area (Å²) in [6.07, 6.45) is -0.149. The molecule has 124 valence electrons. The first-order valence-corrected chi connectivity index (χ1v) is 7.82. The van der Waals surface area contributed by atoms with Crippen LogP contribution in [0, 0.1) is 0 Å². The molecule has 1 unspecified atom stereocenters. The van der Waals surface area contributed by atoms with Gasteiger partial charge in [0, 0.05) is 12.0 Å². The van der Waals surface area contributed by atoms with Crippen molar-refractivity contribution in [2.24, 2.45) is 0 Å². The van der Waals surface area contributed by atoms with Crippen LogP contribution in [0.1, 0.15) is 44.7 Å². The first-order chi connectivity index (χ1) is 10.9. The molecule has 2 heterocycles. The predicted molar refractivity (Wildman–Crippen MR) is 82.2 cm³/mol. The maximum absolute atomic E-state index is 12.4. The fourth-order valence-corrected chi connectivity index (χ4v) is 3.21. The third-order valence-corrected chi connectivity index (χ3v) is 4.28. The van der Waals surface area contributed by atoms with Gasteiger partial charge in [0.15, 0.2) is 6.10 Å². The largest absolute Gasteiger partial charge is 0.487 e. The highest BCUT2D eigenvalue weighted by atomic mass is 16.5. The van der Waals surface area contributed by atoms with Crippen LogP contribution in [0.2, 0.25) is 0 Å². The third-order valence-electron chi connectivity index (χ3n) is 4.28. The number of aliphatic carboxylic acids is 1. The van der Waals surface area contributed by atoms with Crippen LogP contribution in [-0.4, -0.2) is 34.8 Å². The number of hydrogen-bond acceptors (Lipinski definition) is 4. The molecular weight excluding hydrogens is 298 g/mol. The average molecular weight is 319 g/mol. The topological polar surface area (TPSA) is 84.9 Å². The van der Waals surface area contributed by atoms with Crippen molar-refractivity contribution in [3.63, 3.8) is 0 Å². The molecule has 6 nitrogen and oxygen atoms in total. The summed E-state index contributed by atoms with van der Waals surface area (Å²) in [7, 11) is 0. The molecule has 0 aromatic heterocycles. The van der Waals surface area contributed by atoms with E-state index in [2.05, 4.69) is 5.32 Å². The number of fused-ring (bicyclic) bond motifs is 1. The number of ether oxygens (including phenoxy) is 2. The SMILES string of the molecule is CC1(C)CC(NC(=O)[C@@H]2CC[C@H](C(=O)O)O2)c2ccccc2O1. The van der Waals surface area contributed by atoms with Crippen molar-refractivity contribution in [1.82, 2.24) is 5.32 Å². The number of carbonyl (C=O) groups excluding carboxylic acids is 1. The molecule has 0 aliphatic carbocycles. The van der Waals surface area contributed by atoms with Crippen LogP contribution >= 0.6 is 0 Å². The molecule has 6 heteroatoms. The van der Waals surface area contributed by atoms with E-state index in [-0.39, 0.29) is 17.6 Å². The average Bonchev–Trinajstić information content (AvgIpc) is 2.96. The van der Waals surface area contributed by atoms with Gasteiger partial charge in [0.1, 0.15) is 17.5 Å². The van der Waals surface area contributed by atoms with Gasteiger partial charge in [-0.3, -0.25) is 4.79 Å². The Bertz CT molecular complexity index is 627. The molecule has 1 amide bonds. The van der Waals surface area contributed by atoms with Crippen LogP contribution in [0.5, 0.6) is 5.75 Å². The molecule has 1 aromatic rings. The zero-order valence-electron chi connectivity index (χ0n) is 13.2. The summed E-state index contributed by atoms with van der Waals surface area (Å²) in [4.78, 5) is 23.4. The smallest absolute Gasteiger partial charge is 0.332 e. The highest BCUT2D eigenvalue weighted by molar-refractivity contribution is 5.83. The van der Waals surface area contributed by atoms with Gasteiger partial charge in [-0.15, -0.1) is 0 Å². The molecular formula is C17H21NO5. The molecule has 2 N–H and O–H groups in total. The summed E-state index contributed by atoms with van der Waals surface area (Å²) in [5, 5.41) is 12.0. The Labute approximate surface area is 134 Å². The minimum Gasteiger partial charge on any atom is -0.487 e. The van der Waals surface area contributed by atoms with Crippen molar-refractivity contribution in [2.75, 3.05) is 0 Å². The lowest BCUT2D eigenvalue weighted by atomic mass is 9.89. The van der Waals surface area contributed by atoms with E-state index in [1.807, 2.05) is 38.1 Å². The Kier molecular flexibility index (Phi) is 4.02. The van der Waals surface area contributed by atoms with E-state index >= 15 is 0 Å². The normalized spacial score (nSPS) is 28.5. The number of amides is 1. The van der Waals surface area contributed by atoms with E-state index in [1.165, 1.54) is 0 Å². The lowest BCUT2D eigenvalue weighted by Gasteiger charge is -2.38. The number of hydrogen-bond donors (Lipinski definition) is 2.